The summed E-state index contributed by atoms with van der Waals surface area (Å²) in [5.74, 6) is 0.778. The van der Waals surface area contributed by atoms with Crippen molar-refractivity contribution in [2.45, 2.75) is 32.8 Å². The Morgan fingerprint density at radius 3 is 2.45 bits per heavy atom. The molecule has 0 radical (unpaired) electrons. The maximum absolute atomic E-state index is 6.06. The molecule has 0 amide bonds. The molecule has 0 unspecified atom stereocenters. The number of aryl methyl sites for hydroxylation is 1. The van der Waals surface area contributed by atoms with Crippen LogP contribution in [0.15, 0.2) is 48.5 Å². The van der Waals surface area contributed by atoms with E-state index in [1.54, 1.807) is 0 Å². The zero-order valence-electron chi connectivity index (χ0n) is 13.8. The molecular weight excluding hydrogens is 272 g/mol. The average Bonchev–Trinajstić information content (AvgIpc) is 2.50. The third kappa shape index (κ3) is 4.69. The van der Waals surface area contributed by atoms with Gasteiger partial charge in [0.1, 0.15) is 5.75 Å². The van der Waals surface area contributed by atoms with Crippen LogP contribution in [0.5, 0.6) is 5.75 Å². The number of nitrogens with zero attached hydrogens (tertiary/aromatic N) is 1. The Morgan fingerprint density at radius 1 is 1.09 bits per heavy atom. The van der Waals surface area contributed by atoms with Crippen molar-refractivity contribution in [2.24, 2.45) is 0 Å². The molecule has 3 heteroatoms. The highest BCUT2D eigenvalue weighted by atomic mass is 16.5. The Balaban J connectivity index is 1.85. The van der Waals surface area contributed by atoms with Gasteiger partial charge in [-0.1, -0.05) is 24.3 Å². The monoisotopic (exact) mass is 298 g/mol. The molecule has 2 rings (SSSR count). The van der Waals surface area contributed by atoms with Gasteiger partial charge in [0.25, 0.3) is 0 Å². The smallest absolute Gasteiger partial charge is 0.142 e. The average molecular weight is 298 g/mol. The number of rotatable bonds is 7. The number of benzene rings is 2. The van der Waals surface area contributed by atoms with Gasteiger partial charge in [-0.25, -0.2) is 0 Å². The molecule has 0 fully saturated rings. The first kappa shape index (κ1) is 16.2. The molecule has 3 nitrogen and oxygen atoms in total. The minimum Gasteiger partial charge on any atom is -0.489 e. The van der Waals surface area contributed by atoms with Crippen LogP contribution in [0.1, 0.15) is 25.8 Å². The number of hydrogen-bond donors (Lipinski definition) is 1. The maximum atomic E-state index is 6.06. The molecule has 0 bridgehead atoms. The van der Waals surface area contributed by atoms with Crippen LogP contribution in [0.3, 0.4) is 0 Å². The van der Waals surface area contributed by atoms with Gasteiger partial charge in [0.2, 0.25) is 0 Å². The van der Waals surface area contributed by atoms with E-state index in [-0.39, 0.29) is 6.10 Å². The summed E-state index contributed by atoms with van der Waals surface area (Å²) < 4.78 is 5.67. The van der Waals surface area contributed by atoms with Crippen molar-refractivity contribution in [3.8, 4) is 5.75 Å². The number of para-hydroxylation sites is 1. The van der Waals surface area contributed by atoms with Crippen LogP contribution < -0.4 is 15.4 Å². The Kier molecular flexibility index (Phi) is 5.70. The quantitative estimate of drug-likeness (QED) is 0.781. The van der Waals surface area contributed by atoms with Gasteiger partial charge in [0.15, 0.2) is 0 Å². The van der Waals surface area contributed by atoms with Crippen molar-refractivity contribution in [1.29, 1.82) is 0 Å². The van der Waals surface area contributed by atoms with E-state index in [9.17, 15) is 0 Å². The van der Waals surface area contributed by atoms with Crippen LogP contribution in [0, 0.1) is 0 Å². The van der Waals surface area contributed by atoms with Gasteiger partial charge in [-0.2, -0.15) is 0 Å². The third-order valence-electron chi connectivity index (χ3n) is 3.59. The summed E-state index contributed by atoms with van der Waals surface area (Å²) in [5, 5.41) is 0. The van der Waals surface area contributed by atoms with Crippen LogP contribution in [0.4, 0.5) is 11.4 Å². The zero-order chi connectivity index (χ0) is 15.9. The van der Waals surface area contributed by atoms with Gasteiger partial charge in [-0.15, -0.1) is 0 Å². The van der Waals surface area contributed by atoms with Crippen molar-refractivity contribution in [2.75, 3.05) is 24.2 Å². The van der Waals surface area contributed by atoms with Crippen molar-refractivity contribution in [3.63, 3.8) is 0 Å². The molecule has 118 valence electrons. The highest BCUT2D eigenvalue weighted by Crippen LogP contribution is 2.24. The molecular formula is C19H26N2O. The van der Waals surface area contributed by atoms with E-state index in [1.807, 2.05) is 32.0 Å². The lowest BCUT2D eigenvalue weighted by Crippen LogP contribution is -2.18. The maximum Gasteiger partial charge on any atom is 0.142 e. The van der Waals surface area contributed by atoms with Crippen LogP contribution in [0.2, 0.25) is 0 Å². The predicted molar refractivity (Wildman–Crippen MR) is 94.7 cm³/mol. The van der Waals surface area contributed by atoms with Crippen LogP contribution >= 0.6 is 0 Å². The Bertz CT molecular complexity index is 581. The Morgan fingerprint density at radius 2 is 1.82 bits per heavy atom. The second kappa shape index (κ2) is 7.74. The van der Waals surface area contributed by atoms with E-state index in [2.05, 4.69) is 42.3 Å². The van der Waals surface area contributed by atoms with Crippen molar-refractivity contribution >= 4 is 11.4 Å². The second-order valence-electron chi connectivity index (χ2n) is 5.90. The number of nitrogens with two attached hydrogens (primary N) is 1. The Labute approximate surface area is 133 Å². The topological polar surface area (TPSA) is 38.5 Å². The number of anilines is 2. The van der Waals surface area contributed by atoms with E-state index in [4.69, 9.17) is 10.5 Å². The van der Waals surface area contributed by atoms with E-state index in [1.165, 1.54) is 11.3 Å². The summed E-state index contributed by atoms with van der Waals surface area (Å²) >= 11 is 0. The van der Waals surface area contributed by atoms with Gasteiger partial charge in [0.05, 0.1) is 11.8 Å². The number of ether oxygens (including phenoxy) is 1. The van der Waals surface area contributed by atoms with Crippen molar-refractivity contribution < 1.29 is 4.74 Å². The fourth-order valence-corrected chi connectivity index (χ4v) is 2.45. The second-order valence-corrected chi connectivity index (χ2v) is 5.90. The van der Waals surface area contributed by atoms with Gasteiger partial charge < -0.3 is 15.4 Å². The molecule has 22 heavy (non-hydrogen) atoms. The van der Waals surface area contributed by atoms with Crippen LogP contribution in [0.25, 0.3) is 0 Å². The molecule has 0 aliphatic carbocycles. The van der Waals surface area contributed by atoms with Crippen molar-refractivity contribution in [1.82, 2.24) is 0 Å². The normalized spacial score (nSPS) is 10.7. The van der Waals surface area contributed by atoms with E-state index >= 15 is 0 Å². The third-order valence-corrected chi connectivity index (χ3v) is 3.59. The van der Waals surface area contributed by atoms with Gasteiger partial charge >= 0.3 is 0 Å². The predicted octanol–water partition coefficient (Wildman–Crippen LogP) is 4.13. The fraction of sp³-hybridized carbons (Fsp3) is 0.368. The molecule has 0 saturated carbocycles. The number of hydrogen-bond acceptors (Lipinski definition) is 3. The first-order valence-electron chi connectivity index (χ1n) is 7.87. The van der Waals surface area contributed by atoms with Crippen LogP contribution in [-0.4, -0.2) is 19.7 Å². The lowest BCUT2D eigenvalue weighted by Gasteiger charge is -2.19. The standard InChI is InChI=1S/C19H26N2O/c1-15(2)22-19-12-11-16(14-18(19)20)8-7-13-21(3)17-9-5-4-6-10-17/h4-6,9-12,14-15H,7-8,13,20H2,1-3H3. The van der Waals surface area contributed by atoms with E-state index in [0.717, 1.165) is 30.8 Å². The zero-order valence-corrected chi connectivity index (χ0v) is 13.8. The minimum atomic E-state index is 0.146. The summed E-state index contributed by atoms with van der Waals surface area (Å²) in [6, 6.07) is 16.6. The number of nitrogen functional groups attached to an aromatic ring is 1. The molecule has 0 saturated heterocycles. The minimum absolute atomic E-state index is 0.146. The van der Waals surface area contributed by atoms with Gasteiger partial charge in [-0.3, -0.25) is 0 Å². The molecule has 0 aliphatic rings. The lowest BCUT2D eigenvalue weighted by atomic mass is 10.1. The molecule has 2 N–H and O–H groups in total. The summed E-state index contributed by atoms with van der Waals surface area (Å²) in [6.45, 7) is 5.04. The fourth-order valence-electron chi connectivity index (χ4n) is 2.45. The van der Waals surface area contributed by atoms with Gasteiger partial charge in [-0.05, 0) is 56.5 Å². The lowest BCUT2D eigenvalue weighted by molar-refractivity contribution is 0.244. The molecule has 0 atom stereocenters. The largest absolute Gasteiger partial charge is 0.489 e. The highest BCUT2D eigenvalue weighted by Gasteiger charge is 2.05. The Hall–Kier alpha value is -2.16. The summed E-state index contributed by atoms with van der Waals surface area (Å²) in [5.41, 5.74) is 9.29. The summed E-state index contributed by atoms with van der Waals surface area (Å²) in [4.78, 5) is 2.28. The molecule has 2 aromatic rings. The molecule has 0 heterocycles. The first-order chi connectivity index (χ1) is 10.6. The van der Waals surface area contributed by atoms with Crippen LogP contribution in [-0.2, 0) is 6.42 Å². The highest BCUT2D eigenvalue weighted by molar-refractivity contribution is 5.54. The molecule has 2 aromatic carbocycles. The van der Waals surface area contributed by atoms with Crippen molar-refractivity contribution in [3.05, 3.63) is 54.1 Å². The van der Waals surface area contributed by atoms with Gasteiger partial charge in [0, 0.05) is 19.3 Å². The summed E-state index contributed by atoms with van der Waals surface area (Å²) in [7, 11) is 2.13. The van der Waals surface area contributed by atoms with E-state index in [0.29, 0.717) is 0 Å². The molecule has 0 aliphatic heterocycles. The first-order valence-corrected chi connectivity index (χ1v) is 7.87. The summed E-state index contributed by atoms with van der Waals surface area (Å²) in [6.07, 6.45) is 2.26. The SMILES string of the molecule is CC(C)Oc1ccc(CCCN(C)c2ccccc2)cc1N. The molecule has 0 spiro atoms. The van der Waals surface area contributed by atoms with E-state index < -0.39 is 0 Å². The molecule has 0 aromatic heterocycles.